The minimum Gasteiger partial charge on any atom is -0.402 e. The molecule has 0 aliphatic heterocycles. The van der Waals surface area contributed by atoms with E-state index in [0.29, 0.717) is 5.92 Å². The van der Waals surface area contributed by atoms with Gasteiger partial charge in [0, 0.05) is 5.70 Å². The van der Waals surface area contributed by atoms with Crippen LogP contribution in [0.4, 0.5) is 0 Å². The largest absolute Gasteiger partial charge is 0.402 e. The van der Waals surface area contributed by atoms with Crippen LogP contribution in [-0.2, 0) is 0 Å². The summed E-state index contributed by atoms with van der Waals surface area (Å²) in [5, 5.41) is 0. The van der Waals surface area contributed by atoms with Gasteiger partial charge in [0.05, 0.1) is 0 Å². The van der Waals surface area contributed by atoms with Crippen molar-refractivity contribution in [1.29, 1.82) is 0 Å². The lowest BCUT2D eigenvalue weighted by Gasteiger charge is -2.14. The maximum absolute atomic E-state index is 5.61. The molecule has 0 aliphatic rings. The van der Waals surface area contributed by atoms with Crippen LogP contribution in [0.5, 0.6) is 0 Å². The van der Waals surface area contributed by atoms with Gasteiger partial charge in [-0.05, 0) is 45.1 Å². The van der Waals surface area contributed by atoms with E-state index in [-0.39, 0.29) is 0 Å². The van der Waals surface area contributed by atoms with Crippen LogP contribution < -0.4 is 5.73 Å². The quantitative estimate of drug-likeness (QED) is 0.225. The molecule has 0 saturated carbocycles. The fourth-order valence-electron chi connectivity index (χ4n) is 2.19. The second-order valence-corrected chi connectivity index (χ2v) is 7.08. The van der Waals surface area contributed by atoms with E-state index in [9.17, 15) is 0 Å². The predicted octanol–water partition coefficient (Wildman–Crippen LogP) is 8.57. The Morgan fingerprint density at radius 2 is 1.28 bits per heavy atom. The maximum atomic E-state index is 5.61. The fraction of sp³-hybridized carbons (Fsp3) is 0.750. The van der Waals surface area contributed by atoms with Gasteiger partial charge in [-0.2, -0.15) is 0 Å². The second-order valence-electron chi connectivity index (χ2n) is 7.08. The lowest BCUT2D eigenvalue weighted by molar-refractivity contribution is 0.524. The molecule has 0 spiro atoms. The molecule has 1 unspecified atom stereocenters. The van der Waals surface area contributed by atoms with Crippen LogP contribution in [0, 0.1) is 5.92 Å². The Morgan fingerprint density at radius 3 is 1.56 bits per heavy atom. The SMILES string of the molecule is C=C(/C=C(\C)N)C(CC)CCCC.C=C(C)CC.CCCCCCC. The zero-order valence-corrected chi connectivity index (χ0v) is 18.7. The highest BCUT2D eigenvalue weighted by Crippen LogP contribution is 2.21. The molecule has 1 atom stereocenters. The summed E-state index contributed by atoms with van der Waals surface area (Å²) < 4.78 is 0. The smallest absolute Gasteiger partial charge is 0.00515 e. The van der Waals surface area contributed by atoms with Crippen LogP contribution in [0.25, 0.3) is 0 Å². The van der Waals surface area contributed by atoms with Gasteiger partial charge in [0.25, 0.3) is 0 Å². The number of rotatable bonds is 11. The van der Waals surface area contributed by atoms with Crippen LogP contribution in [-0.4, -0.2) is 0 Å². The second kappa shape index (κ2) is 23.0. The van der Waals surface area contributed by atoms with Gasteiger partial charge in [0.1, 0.15) is 0 Å². The highest BCUT2D eigenvalue weighted by molar-refractivity contribution is 5.20. The molecule has 0 radical (unpaired) electrons. The molecule has 2 N–H and O–H groups in total. The summed E-state index contributed by atoms with van der Waals surface area (Å²) in [5.74, 6) is 0.624. The molecule has 0 aromatic carbocycles. The summed E-state index contributed by atoms with van der Waals surface area (Å²) >= 11 is 0. The average Bonchev–Trinajstić information content (AvgIpc) is 2.56. The Morgan fingerprint density at radius 1 is 0.840 bits per heavy atom. The Labute approximate surface area is 160 Å². The van der Waals surface area contributed by atoms with E-state index in [4.69, 9.17) is 5.73 Å². The molecule has 0 aromatic rings. The summed E-state index contributed by atoms with van der Waals surface area (Å²) in [6.07, 6.45) is 15.1. The minimum absolute atomic E-state index is 0.624. The lowest BCUT2D eigenvalue weighted by Crippen LogP contribution is -2.02. The van der Waals surface area contributed by atoms with Gasteiger partial charge in [-0.25, -0.2) is 0 Å². The van der Waals surface area contributed by atoms with Gasteiger partial charge in [-0.1, -0.05) is 97.3 Å². The van der Waals surface area contributed by atoms with Crippen molar-refractivity contribution in [2.24, 2.45) is 11.7 Å². The molecule has 0 aliphatic carbocycles. The molecular formula is C24H49N. The van der Waals surface area contributed by atoms with Crippen molar-refractivity contribution in [2.45, 2.75) is 113 Å². The lowest BCUT2D eigenvalue weighted by atomic mass is 9.91. The van der Waals surface area contributed by atoms with E-state index >= 15 is 0 Å². The molecule has 0 saturated heterocycles. The van der Waals surface area contributed by atoms with Gasteiger partial charge < -0.3 is 5.73 Å². The molecule has 150 valence electrons. The highest BCUT2D eigenvalue weighted by Gasteiger charge is 2.07. The third-order valence-corrected chi connectivity index (χ3v) is 4.15. The number of hydrogen-bond acceptors (Lipinski definition) is 1. The first-order valence-corrected chi connectivity index (χ1v) is 10.6. The highest BCUT2D eigenvalue weighted by atomic mass is 14.5. The predicted molar refractivity (Wildman–Crippen MR) is 120 cm³/mol. The van der Waals surface area contributed by atoms with Crippen LogP contribution in [0.1, 0.15) is 113 Å². The molecule has 25 heavy (non-hydrogen) atoms. The minimum atomic E-state index is 0.624. The van der Waals surface area contributed by atoms with E-state index in [1.54, 1.807) is 0 Å². The summed E-state index contributed by atoms with van der Waals surface area (Å²) in [6.45, 7) is 22.7. The van der Waals surface area contributed by atoms with Gasteiger partial charge in [0.2, 0.25) is 0 Å². The molecule has 0 bridgehead atoms. The zero-order chi connectivity index (χ0) is 20.1. The van der Waals surface area contributed by atoms with E-state index in [2.05, 4.69) is 47.8 Å². The molecule has 1 nitrogen and oxygen atoms in total. The third-order valence-electron chi connectivity index (χ3n) is 4.15. The Bertz CT molecular complexity index is 317. The number of unbranched alkanes of at least 4 members (excludes halogenated alkanes) is 5. The van der Waals surface area contributed by atoms with Crippen LogP contribution in [0.2, 0.25) is 0 Å². The maximum Gasteiger partial charge on any atom is 0.00515 e. The summed E-state index contributed by atoms with van der Waals surface area (Å²) in [6, 6.07) is 0. The third kappa shape index (κ3) is 28.1. The monoisotopic (exact) mass is 351 g/mol. The molecule has 0 rings (SSSR count). The number of nitrogens with two attached hydrogens (primary N) is 1. The van der Waals surface area contributed by atoms with Crippen molar-refractivity contribution < 1.29 is 0 Å². The number of hydrogen-bond donors (Lipinski definition) is 1. The molecule has 0 aromatic heterocycles. The normalized spacial score (nSPS) is 11.6. The first-order chi connectivity index (χ1) is 11.8. The van der Waals surface area contributed by atoms with E-state index < -0.39 is 0 Å². The zero-order valence-electron chi connectivity index (χ0n) is 18.7. The van der Waals surface area contributed by atoms with Crippen molar-refractivity contribution in [3.8, 4) is 0 Å². The fourth-order valence-corrected chi connectivity index (χ4v) is 2.19. The van der Waals surface area contributed by atoms with Crippen molar-refractivity contribution in [1.82, 2.24) is 0 Å². The van der Waals surface area contributed by atoms with Gasteiger partial charge >= 0.3 is 0 Å². The Hall–Kier alpha value is -0.980. The first-order valence-electron chi connectivity index (χ1n) is 10.6. The van der Waals surface area contributed by atoms with Crippen molar-refractivity contribution in [3.05, 3.63) is 36.1 Å². The van der Waals surface area contributed by atoms with Crippen LogP contribution in [0.3, 0.4) is 0 Å². The standard InChI is InChI=1S/C12H23N.C7H16.C5H10/c1-5-7-8-12(6-2)10(3)9-11(4)13;1-3-5-7-6-4-2;1-4-5(2)3/h9,12H,3,5-8,13H2,1-2,4H3;3-7H2,1-2H3;2,4H2,1,3H3/b11-9+;;. The van der Waals surface area contributed by atoms with Gasteiger partial charge in [-0.15, -0.1) is 6.58 Å². The van der Waals surface area contributed by atoms with Crippen LogP contribution >= 0.6 is 0 Å². The number of allylic oxidation sites excluding steroid dienone is 4. The first kappa shape index (κ1) is 28.8. The van der Waals surface area contributed by atoms with E-state index in [1.165, 1.54) is 68.9 Å². The van der Waals surface area contributed by atoms with Crippen molar-refractivity contribution >= 4 is 0 Å². The Balaban J connectivity index is -0.000000337. The van der Waals surface area contributed by atoms with E-state index in [1.807, 2.05) is 19.9 Å². The summed E-state index contributed by atoms with van der Waals surface area (Å²) in [4.78, 5) is 0. The summed E-state index contributed by atoms with van der Waals surface area (Å²) in [7, 11) is 0. The topological polar surface area (TPSA) is 26.0 Å². The van der Waals surface area contributed by atoms with E-state index in [0.717, 1.165) is 12.1 Å². The average molecular weight is 352 g/mol. The summed E-state index contributed by atoms with van der Waals surface area (Å²) in [5.41, 5.74) is 8.92. The molecule has 0 fully saturated rings. The van der Waals surface area contributed by atoms with Gasteiger partial charge in [0.15, 0.2) is 0 Å². The molecule has 0 heterocycles. The van der Waals surface area contributed by atoms with Gasteiger partial charge in [-0.3, -0.25) is 0 Å². The molecular weight excluding hydrogens is 302 g/mol. The molecule has 1 heteroatoms. The Kier molecular flexibility index (Phi) is 26.5. The molecule has 0 amide bonds. The van der Waals surface area contributed by atoms with Crippen molar-refractivity contribution in [3.63, 3.8) is 0 Å². The van der Waals surface area contributed by atoms with Crippen LogP contribution in [0.15, 0.2) is 36.1 Å². The van der Waals surface area contributed by atoms with Crippen molar-refractivity contribution in [2.75, 3.05) is 0 Å².